The molecule has 20 heavy (non-hydrogen) atoms. The van der Waals surface area contributed by atoms with Crippen molar-refractivity contribution >= 4 is 33.2 Å². The van der Waals surface area contributed by atoms with Crippen LogP contribution in [0.1, 0.15) is 11.7 Å². The van der Waals surface area contributed by atoms with E-state index in [1.165, 1.54) is 0 Å². The third-order valence-corrected chi connectivity index (χ3v) is 3.70. The minimum absolute atomic E-state index is 0.370. The van der Waals surface area contributed by atoms with Gasteiger partial charge < -0.3 is 15.2 Å². The molecule has 0 spiro atoms. The summed E-state index contributed by atoms with van der Waals surface area (Å²) in [4.78, 5) is 0. The van der Waals surface area contributed by atoms with Crippen LogP contribution in [0.4, 0.5) is 5.69 Å². The van der Waals surface area contributed by atoms with E-state index in [1.54, 1.807) is 7.11 Å². The van der Waals surface area contributed by atoms with E-state index in [0.29, 0.717) is 11.6 Å². The van der Waals surface area contributed by atoms with Gasteiger partial charge in [-0.15, -0.1) is 0 Å². The van der Waals surface area contributed by atoms with Gasteiger partial charge in [-0.1, -0.05) is 39.7 Å². The Morgan fingerprint density at radius 3 is 2.80 bits per heavy atom. The summed E-state index contributed by atoms with van der Waals surface area (Å²) < 4.78 is 6.06. The number of rotatable bonds is 5. The minimum atomic E-state index is -0.634. The lowest BCUT2D eigenvalue weighted by Gasteiger charge is -2.15. The maximum atomic E-state index is 10.2. The highest BCUT2D eigenvalue weighted by Gasteiger charge is 2.09. The van der Waals surface area contributed by atoms with Crippen LogP contribution in [-0.4, -0.2) is 18.8 Å². The van der Waals surface area contributed by atoms with Crippen LogP contribution in [-0.2, 0) is 0 Å². The molecule has 0 bridgehead atoms. The molecule has 5 heteroatoms. The predicted octanol–water partition coefficient (Wildman–Crippen LogP) is 4.26. The first-order chi connectivity index (χ1) is 9.60. The molecule has 0 amide bonds. The van der Waals surface area contributed by atoms with Crippen LogP contribution in [0.25, 0.3) is 0 Å². The zero-order valence-electron chi connectivity index (χ0n) is 10.9. The van der Waals surface area contributed by atoms with Crippen LogP contribution in [0, 0.1) is 0 Å². The van der Waals surface area contributed by atoms with Gasteiger partial charge in [0.25, 0.3) is 0 Å². The number of nitrogens with one attached hydrogen (secondary N) is 1. The molecule has 1 unspecified atom stereocenters. The van der Waals surface area contributed by atoms with Crippen molar-refractivity contribution < 1.29 is 9.84 Å². The van der Waals surface area contributed by atoms with Crippen molar-refractivity contribution in [2.45, 2.75) is 6.10 Å². The van der Waals surface area contributed by atoms with E-state index in [2.05, 4.69) is 21.2 Å². The largest absolute Gasteiger partial charge is 0.497 e. The highest BCUT2D eigenvalue weighted by Crippen LogP contribution is 2.26. The zero-order valence-corrected chi connectivity index (χ0v) is 13.3. The summed E-state index contributed by atoms with van der Waals surface area (Å²) in [6.45, 7) is 0.370. The first kappa shape index (κ1) is 15.2. The number of methoxy groups -OCH3 is 1. The summed E-state index contributed by atoms with van der Waals surface area (Å²) in [6, 6.07) is 12.9. The van der Waals surface area contributed by atoms with Crippen molar-refractivity contribution in [2.24, 2.45) is 0 Å². The third kappa shape index (κ3) is 3.88. The quantitative estimate of drug-likeness (QED) is 0.841. The molecule has 2 rings (SSSR count). The van der Waals surface area contributed by atoms with E-state index in [9.17, 15) is 5.11 Å². The van der Waals surface area contributed by atoms with Gasteiger partial charge in [-0.2, -0.15) is 0 Å². The molecule has 3 nitrogen and oxygen atoms in total. The molecule has 106 valence electrons. The lowest BCUT2D eigenvalue weighted by Crippen LogP contribution is -2.12. The molecule has 2 N–H and O–H groups in total. The number of aliphatic hydroxyl groups excluding tert-OH is 1. The smallest absolute Gasteiger partial charge is 0.119 e. The highest BCUT2D eigenvalue weighted by atomic mass is 79.9. The molecule has 0 aliphatic rings. The van der Waals surface area contributed by atoms with Gasteiger partial charge in [0.2, 0.25) is 0 Å². The standard InChI is InChI=1S/C15H15BrClNO2/c1-20-12-4-2-3-10(7-12)15(19)9-18-14-6-5-11(16)8-13(14)17/h2-8,15,18-19H,9H2,1H3. The van der Waals surface area contributed by atoms with Crippen molar-refractivity contribution in [3.63, 3.8) is 0 Å². The van der Waals surface area contributed by atoms with Crippen LogP contribution in [0.3, 0.4) is 0 Å². The first-order valence-corrected chi connectivity index (χ1v) is 7.28. The average molecular weight is 357 g/mol. The Labute approximate surface area is 131 Å². The summed E-state index contributed by atoms with van der Waals surface area (Å²) in [5, 5.41) is 13.9. The monoisotopic (exact) mass is 355 g/mol. The molecule has 1 atom stereocenters. The normalized spacial score (nSPS) is 12.0. The van der Waals surface area contributed by atoms with Gasteiger partial charge in [0, 0.05) is 11.0 Å². The lowest BCUT2D eigenvalue weighted by atomic mass is 10.1. The molecule has 0 aromatic heterocycles. The Morgan fingerprint density at radius 2 is 2.10 bits per heavy atom. The van der Waals surface area contributed by atoms with Gasteiger partial charge in [0.15, 0.2) is 0 Å². The van der Waals surface area contributed by atoms with Gasteiger partial charge in [0.1, 0.15) is 5.75 Å². The molecule has 2 aromatic rings. The van der Waals surface area contributed by atoms with Gasteiger partial charge in [-0.3, -0.25) is 0 Å². The number of anilines is 1. The number of halogens is 2. The van der Waals surface area contributed by atoms with Crippen LogP contribution in [0.15, 0.2) is 46.9 Å². The van der Waals surface area contributed by atoms with Crippen LogP contribution in [0.2, 0.25) is 5.02 Å². The molecule has 0 saturated heterocycles. The fourth-order valence-corrected chi connectivity index (χ4v) is 2.55. The molecule has 0 aliphatic heterocycles. The Balaban J connectivity index is 2.02. The number of hydrogen-bond acceptors (Lipinski definition) is 3. The topological polar surface area (TPSA) is 41.5 Å². The average Bonchev–Trinajstić information content (AvgIpc) is 2.46. The Hall–Kier alpha value is -1.23. The van der Waals surface area contributed by atoms with Crippen molar-refractivity contribution in [2.75, 3.05) is 19.0 Å². The Morgan fingerprint density at radius 1 is 1.30 bits per heavy atom. The first-order valence-electron chi connectivity index (χ1n) is 6.11. The maximum absolute atomic E-state index is 10.2. The second kappa shape index (κ2) is 6.97. The minimum Gasteiger partial charge on any atom is -0.497 e. The molecule has 0 fully saturated rings. The number of hydrogen-bond donors (Lipinski definition) is 2. The number of benzene rings is 2. The summed E-state index contributed by atoms with van der Waals surface area (Å²) >= 11 is 9.47. The number of ether oxygens (including phenoxy) is 1. The summed E-state index contributed by atoms with van der Waals surface area (Å²) in [5.41, 5.74) is 1.59. The van der Waals surface area contributed by atoms with Crippen molar-refractivity contribution in [1.82, 2.24) is 0 Å². The van der Waals surface area contributed by atoms with Crippen molar-refractivity contribution in [3.05, 3.63) is 57.5 Å². The third-order valence-electron chi connectivity index (χ3n) is 2.90. The van der Waals surface area contributed by atoms with Gasteiger partial charge in [-0.25, -0.2) is 0 Å². The lowest BCUT2D eigenvalue weighted by molar-refractivity contribution is 0.191. The molecular formula is C15H15BrClNO2. The van der Waals surface area contributed by atoms with E-state index in [-0.39, 0.29) is 0 Å². The Kier molecular flexibility index (Phi) is 5.29. The van der Waals surface area contributed by atoms with Crippen molar-refractivity contribution in [3.8, 4) is 5.75 Å². The molecular weight excluding hydrogens is 342 g/mol. The van der Waals surface area contributed by atoms with E-state index < -0.39 is 6.10 Å². The summed E-state index contributed by atoms with van der Waals surface area (Å²) in [5.74, 6) is 0.725. The zero-order chi connectivity index (χ0) is 14.5. The molecule has 2 aromatic carbocycles. The van der Waals surface area contributed by atoms with E-state index in [4.69, 9.17) is 16.3 Å². The fourth-order valence-electron chi connectivity index (χ4n) is 1.81. The summed E-state index contributed by atoms with van der Waals surface area (Å²) in [6.07, 6.45) is -0.634. The van der Waals surface area contributed by atoms with Crippen LogP contribution in [0.5, 0.6) is 5.75 Å². The fraction of sp³-hybridized carbons (Fsp3) is 0.200. The molecule has 0 radical (unpaired) electrons. The van der Waals surface area contributed by atoms with Crippen molar-refractivity contribution in [1.29, 1.82) is 0 Å². The van der Waals surface area contributed by atoms with Crippen LogP contribution >= 0.6 is 27.5 Å². The predicted molar refractivity (Wildman–Crippen MR) is 85.6 cm³/mol. The van der Waals surface area contributed by atoms with E-state index >= 15 is 0 Å². The van der Waals surface area contributed by atoms with E-state index in [1.807, 2.05) is 42.5 Å². The second-order valence-corrected chi connectivity index (χ2v) is 5.62. The number of aliphatic hydroxyl groups is 1. The second-order valence-electron chi connectivity index (χ2n) is 4.30. The SMILES string of the molecule is COc1cccc(C(O)CNc2ccc(Br)cc2Cl)c1. The maximum Gasteiger partial charge on any atom is 0.119 e. The van der Waals surface area contributed by atoms with Gasteiger partial charge >= 0.3 is 0 Å². The molecule has 0 aliphatic carbocycles. The Bertz CT molecular complexity index is 592. The van der Waals surface area contributed by atoms with Gasteiger partial charge in [0.05, 0.1) is 23.9 Å². The molecule has 0 heterocycles. The van der Waals surface area contributed by atoms with E-state index in [0.717, 1.165) is 21.5 Å². The van der Waals surface area contributed by atoms with Gasteiger partial charge in [-0.05, 0) is 35.9 Å². The van der Waals surface area contributed by atoms with Crippen LogP contribution < -0.4 is 10.1 Å². The highest BCUT2D eigenvalue weighted by molar-refractivity contribution is 9.10. The molecule has 0 saturated carbocycles. The summed E-state index contributed by atoms with van der Waals surface area (Å²) in [7, 11) is 1.60.